The average Bonchev–Trinajstić information content (AvgIpc) is 2.26. The molecule has 1 aromatic heterocycles. The minimum absolute atomic E-state index is 0.494. The van der Waals surface area contributed by atoms with Gasteiger partial charge in [0.2, 0.25) is 5.88 Å². The van der Waals surface area contributed by atoms with Gasteiger partial charge in [-0.05, 0) is 25.5 Å². The molecule has 1 aromatic rings. The zero-order valence-electron chi connectivity index (χ0n) is 9.92. The third-order valence-corrected chi connectivity index (χ3v) is 1.90. The summed E-state index contributed by atoms with van der Waals surface area (Å²) in [7, 11) is 0. The first-order chi connectivity index (χ1) is 7.63. The fraction of sp³-hybridized carbons (Fsp3) is 0.417. The molecular formula is C12H19N3O. The maximum atomic E-state index is 5.75. The van der Waals surface area contributed by atoms with E-state index in [-0.39, 0.29) is 0 Å². The number of hydrogen-bond acceptors (Lipinski definition) is 4. The second-order valence-electron chi connectivity index (χ2n) is 3.75. The van der Waals surface area contributed by atoms with Gasteiger partial charge in [0.05, 0.1) is 12.3 Å². The van der Waals surface area contributed by atoms with Gasteiger partial charge in [0.1, 0.15) is 5.82 Å². The summed E-state index contributed by atoms with van der Waals surface area (Å²) in [5, 5.41) is 3.14. The molecule has 1 rings (SSSR count). The maximum absolute atomic E-state index is 5.75. The third kappa shape index (κ3) is 3.81. The van der Waals surface area contributed by atoms with Crippen molar-refractivity contribution in [2.75, 3.05) is 24.2 Å². The summed E-state index contributed by atoms with van der Waals surface area (Å²) in [6.45, 7) is 9.14. The number of nitrogens with two attached hydrogens (primary N) is 1. The van der Waals surface area contributed by atoms with E-state index in [1.165, 1.54) is 0 Å². The lowest BCUT2D eigenvalue weighted by Gasteiger charge is -2.10. The molecule has 0 aliphatic heterocycles. The summed E-state index contributed by atoms with van der Waals surface area (Å²) in [6, 6.07) is 3.62. The number of anilines is 2. The summed E-state index contributed by atoms with van der Waals surface area (Å²) in [4.78, 5) is 4.28. The number of nitrogens with one attached hydrogen (secondary N) is 1. The van der Waals surface area contributed by atoms with Crippen molar-refractivity contribution in [3.05, 3.63) is 24.3 Å². The lowest BCUT2D eigenvalue weighted by Crippen LogP contribution is -2.07. The number of pyridine rings is 1. The molecular weight excluding hydrogens is 202 g/mol. The van der Waals surface area contributed by atoms with Crippen molar-refractivity contribution in [1.82, 2.24) is 4.98 Å². The first-order valence-corrected chi connectivity index (χ1v) is 5.41. The van der Waals surface area contributed by atoms with Crippen LogP contribution >= 0.6 is 0 Å². The molecule has 0 bridgehead atoms. The van der Waals surface area contributed by atoms with Crippen LogP contribution in [0.3, 0.4) is 0 Å². The highest BCUT2D eigenvalue weighted by atomic mass is 16.5. The van der Waals surface area contributed by atoms with Gasteiger partial charge in [-0.15, -0.1) is 0 Å². The molecule has 3 N–H and O–H groups in total. The standard InChI is InChI=1S/C12H19N3O/c1-4-7-16-12-10(13)5-6-11(15-12)14-8-9(2)3/h5-6H,2,4,7-8,13H2,1,3H3,(H,14,15). The van der Waals surface area contributed by atoms with Crippen molar-refractivity contribution in [2.45, 2.75) is 20.3 Å². The van der Waals surface area contributed by atoms with Crippen molar-refractivity contribution in [3.8, 4) is 5.88 Å². The van der Waals surface area contributed by atoms with Crippen LogP contribution < -0.4 is 15.8 Å². The molecule has 0 saturated heterocycles. The van der Waals surface area contributed by atoms with Gasteiger partial charge in [-0.1, -0.05) is 19.1 Å². The molecule has 0 spiro atoms. The number of nitrogens with zero attached hydrogens (tertiary/aromatic N) is 1. The molecule has 4 heteroatoms. The quantitative estimate of drug-likeness (QED) is 0.724. The lowest BCUT2D eigenvalue weighted by atomic mass is 10.3. The Kier molecular flexibility index (Phi) is 4.64. The van der Waals surface area contributed by atoms with E-state index in [9.17, 15) is 0 Å². The van der Waals surface area contributed by atoms with Crippen LogP contribution in [0.2, 0.25) is 0 Å². The van der Waals surface area contributed by atoms with Crippen LogP contribution in [0.15, 0.2) is 24.3 Å². The van der Waals surface area contributed by atoms with E-state index in [1.54, 1.807) is 6.07 Å². The Morgan fingerprint density at radius 1 is 1.56 bits per heavy atom. The summed E-state index contributed by atoms with van der Waals surface area (Å²) >= 11 is 0. The third-order valence-electron chi connectivity index (χ3n) is 1.90. The van der Waals surface area contributed by atoms with Crippen molar-refractivity contribution in [3.63, 3.8) is 0 Å². The Hall–Kier alpha value is -1.71. The zero-order valence-corrected chi connectivity index (χ0v) is 9.92. The van der Waals surface area contributed by atoms with E-state index < -0.39 is 0 Å². The molecule has 88 valence electrons. The van der Waals surface area contributed by atoms with E-state index in [1.807, 2.05) is 19.9 Å². The topological polar surface area (TPSA) is 60.2 Å². The average molecular weight is 221 g/mol. The molecule has 0 unspecified atom stereocenters. The normalized spacial score (nSPS) is 9.88. The SMILES string of the molecule is C=C(C)CNc1ccc(N)c(OCCC)n1. The summed E-state index contributed by atoms with van der Waals surface area (Å²) < 4.78 is 5.43. The van der Waals surface area contributed by atoms with Crippen molar-refractivity contribution >= 4 is 11.5 Å². The van der Waals surface area contributed by atoms with Crippen LogP contribution in [0.1, 0.15) is 20.3 Å². The Balaban J connectivity index is 2.68. The van der Waals surface area contributed by atoms with Gasteiger partial charge in [0.15, 0.2) is 0 Å². The molecule has 4 nitrogen and oxygen atoms in total. The van der Waals surface area contributed by atoms with E-state index >= 15 is 0 Å². The zero-order chi connectivity index (χ0) is 12.0. The van der Waals surface area contributed by atoms with Crippen LogP contribution in [0.4, 0.5) is 11.5 Å². The van der Waals surface area contributed by atoms with Crippen LogP contribution in [-0.4, -0.2) is 18.1 Å². The highest BCUT2D eigenvalue weighted by molar-refractivity contribution is 5.53. The van der Waals surface area contributed by atoms with Crippen LogP contribution in [0, 0.1) is 0 Å². The molecule has 0 fully saturated rings. The highest BCUT2D eigenvalue weighted by Gasteiger charge is 2.03. The molecule has 0 amide bonds. The number of hydrogen-bond donors (Lipinski definition) is 2. The fourth-order valence-corrected chi connectivity index (χ4v) is 1.11. The molecule has 16 heavy (non-hydrogen) atoms. The largest absolute Gasteiger partial charge is 0.476 e. The number of rotatable bonds is 6. The minimum atomic E-state index is 0.494. The molecule has 0 aliphatic carbocycles. The van der Waals surface area contributed by atoms with Crippen LogP contribution in [-0.2, 0) is 0 Å². The monoisotopic (exact) mass is 221 g/mol. The van der Waals surface area contributed by atoms with E-state index in [2.05, 4.69) is 16.9 Å². The Morgan fingerprint density at radius 2 is 2.31 bits per heavy atom. The molecule has 0 atom stereocenters. The molecule has 0 saturated carbocycles. The van der Waals surface area contributed by atoms with Gasteiger partial charge >= 0.3 is 0 Å². The van der Waals surface area contributed by atoms with Crippen molar-refractivity contribution in [1.29, 1.82) is 0 Å². The summed E-state index contributed by atoms with van der Waals surface area (Å²) in [6.07, 6.45) is 0.935. The predicted octanol–water partition coefficient (Wildman–Crippen LogP) is 2.44. The summed E-state index contributed by atoms with van der Waals surface area (Å²) in [5.41, 5.74) is 7.37. The first kappa shape index (κ1) is 12.4. The summed E-state index contributed by atoms with van der Waals surface area (Å²) in [5.74, 6) is 1.25. The van der Waals surface area contributed by atoms with Gasteiger partial charge in [-0.25, -0.2) is 0 Å². The van der Waals surface area contributed by atoms with Gasteiger partial charge in [-0.2, -0.15) is 4.98 Å². The second-order valence-corrected chi connectivity index (χ2v) is 3.75. The number of ether oxygens (including phenoxy) is 1. The second kappa shape index (κ2) is 6.00. The maximum Gasteiger partial charge on any atom is 0.239 e. The number of nitrogen functional groups attached to an aromatic ring is 1. The molecule has 0 aliphatic rings. The van der Waals surface area contributed by atoms with Crippen LogP contribution in [0.25, 0.3) is 0 Å². The molecule has 1 heterocycles. The van der Waals surface area contributed by atoms with E-state index in [4.69, 9.17) is 10.5 Å². The Labute approximate surface area is 96.5 Å². The van der Waals surface area contributed by atoms with E-state index in [0.29, 0.717) is 24.7 Å². The van der Waals surface area contributed by atoms with Crippen molar-refractivity contribution in [2.24, 2.45) is 0 Å². The lowest BCUT2D eigenvalue weighted by molar-refractivity contribution is 0.307. The van der Waals surface area contributed by atoms with E-state index in [0.717, 1.165) is 17.8 Å². The molecule has 0 radical (unpaired) electrons. The van der Waals surface area contributed by atoms with Crippen molar-refractivity contribution < 1.29 is 4.74 Å². The Morgan fingerprint density at radius 3 is 2.94 bits per heavy atom. The molecule has 0 aromatic carbocycles. The van der Waals surface area contributed by atoms with Gasteiger partial charge in [0.25, 0.3) is 0 Å². The Bertz CT molecular complexity index is 363. The van der Waals surface area contributed by atoms with Gasteiger partial charge in [0, 0.05) is 6.54 Å². The smallest absolute Gasteiger partial charge is 0.239 e. The first-order valence-electron chi connectivity index (χ1n) is 5.41. The number of aromatic nitrogens is 1. The van der Waals surface area contributed by atoms with Crippen LogP contribution in [0.5, 0.6) is 5.88 Å². The minimum Gasteiger partial charge on any atom is -0.476 e. The van der Waals surface area contributed by atoms with Gasteiger partial charge < -0.3 is 15.8 Å². The highest BCUT2D eigenvalue weighted by Crippen LogP contribution is 2.20. The van der Waals surface area contributed by atoms with Gasteiger partial charge in [-0.3, -0.25) is 0 Å². The fourth-order valence-electron chi connectivity index (χ4n) is 1.11. The predicted molar refractivity (Wildman–Crippen MR) is 67.7 cm³/mol.